The molecule has 1 atom stereocenters. The van der Waals surface area contributed by atoms with E-state index in [0.29, 0.717) is 10.8 Å². The maximum atomic E-state index is 6.28. The lowest BCUT2D eigenvalue weighted by molar-refractivity contribution is 0.586. The van der Waals surface area contributed by atoms with Gasteiger partial charge in [-0.25, -0.2) is 4.98 Å². The quantitative estimate of drug-likeness (QED) is 0.888. The molecule has 0 aromatic carbocycles. The minimum absolute atomic E-state index is 0.143. The van der Waals surface area contributed by atoms with Crippen LogP contribution in [-0.2, 0) is 0 Å². The molecule has 0 amide bonds. The highest BCUT2D eigenvalue weighted by atomic mass is 35.5. The molecule has 0 saturated heterocycles. The van der Waals surface area contributed by atoms with Crippen LogP contribution in [0.1, 0.15) is 36.2 Å². The molecule has 1 unspecified atom stereocenters. The van der Waals surface area contributed by atoms with E-state index in [4.69, 9.17) is 17.3 Å². The Morgan fingerprint density at radius 2 is 2.20 bits per heavy atom. The van der Waals surface area contributed by atoms with Gasteiger partial charge >= 0.3 is 0 Å². The molecule has 0 saturated carbocycles. The van der Waals surface area contributed by atoms with Gasteiger partial charge in [-0.3, -0.25) is 4.98 Å². The van der Waals surface area contributed by atoms with E-state index < -0.39 is 0 Å². The number of halogens is 1. The summed E-state index contributed by atoms with van der Waals surface area (Å²) in [5.41, 5.74) is 8.78. The molecule has 2 aromatic heterocycles. The van der Waals surface area contributed by atoms with E-state index in [2.05, 4.69) is 22.2 Å². The fourth-order valence-corrected chi connectivity index (χ4v) is 2.32. The van der Waals surface area contributed by atoms with Crippen molar-refractivity contribution in [3.05, 3.63) is 52.4 Å². The van der Waals surface area contributed by atoms with Gasteiger partial charge in [0.15, 0.2) is 0 Å². The SMILES string of the molecule is CCCNC(c1cc(C)cnc1N)c1ncccc1Cl. The average molecular weight is 291 g/mol. The standard InChI is InChI=1S/C15H19ClN4/c1-3-6-18-13(14-12(16)5-4-7-19-14)11-8-10(2)9-20-15(11)17/h4-5,7-9,13,18H,3,6H2,1-2H3,(H2,17,20). The highest BCUT2D eigenvalue weighted by Crippen LogP contribution is 2.29. The Hall–Kier alpha value is -1.65. The van der Waals surface area contributed by atoms with E-state index >= 15 is 0 Å². The van der Waals surface area contributed by atoms with Crippen LogP contribution in [0, 0.1) is 6.92 Å². The van der Waals surface area contributed by atoms with Crippen molar-refractivity contribution in [3.8, 4) is 0 Å². The van der Waals surface area contributed by atoms with Crippen LogP contribution in [0.25, 0.3) is 0 Å². The molecular formula is C15H19ClN4. The van der Waals surface area contributed by atoms with Crippen molar-refractivity contribution < 1.29 is 0 Å². The number of hydrogen-bond acceptors (Lipinski definition) is 4. The molecule has 0 fully saturated rings. The Morgan fingerprint density at radius 3 is 2.90 bits per heavy atom. The predicted molar refractivity (Wildman–Crippen MR) is 82.8 cm³/mol. The molecule has 2 heterocycles. The normalized spacial score (nSPS) is 12.3. The Labute approximate surface area is 124 Å². The summed E-state index contributed by atoms with van der Waals surface area (Å²) in [6.45, 7) is 4.96. The maximum Gasteiger partial charge on any atom is 0.128 e. The summed E-state index contributed by atoms with van der Waals surface area (Å²) < 4.78 is 0. The summed E-state index contributed by atoms with van der Waals surface area (Å²) in [4.78, 5) is 8.63. The first kappa shape index (κ1) is 14.8. The number of aryl methyl sites for hydroxylation is 1. The van der Waals surface area contributed by atoms with Crippen molar-refractivity contribution in [2.75, 3.05) is 12.3 Å². The molecule has 0 spiro atoms. The zero-order valence-electron chi connectivity index (χ0n) is 11.7. The van der Waals surface area contributed by atoms with Gasteiger partial charge < -0.3 is 11.1 Å². The van der Waals surface area contributed by atoms with Gasteiger partial charge in [0.2, 0.25) is 0 Å². The number of hydrogen-bond donors (Lipinski definition) is 2. The lowest BCUT2D eigenvalue weighted by atomic mass is 10.0. The van der Waals surface area contributed by atoms with Crippen molar-refractivity contribution in [1.29, 1.82) is 0 Å². The third kappa shape index (κ3) is 3.26. The molecule has 0 aliphatic heterocycles. The zero-order chi connectivity index (χ0) is 14.5. The number of nitrogens with zero attached hydrogens (tertiary/aromatic N) is 2. The molecular weight excluding hydrogens is 272 g/mol. The summed E-state index contributed by atoms with van der Waals surface area (Å²) in [5.74, 6) is 0.505. The van der Waals surface area contributed by atoms with Crippen molar-refractivity contribution in [2.45, 2.75) is 26.3 Å². The second-order valence-electron chi connectivity index (χ2n) is 4.74. The van der Waals surface area contributed by atoms with Crippen LogP contribution in [0.3, 0.4) is 0 Å². The highest BCUT2D eigenvalue weighted by molar-refractivity contribution is 6.31. The van der Waals surface area contributed by atoms with Gasteiger partial charge in [-0.2, -0.15) is 0 Å². The van der Waals surface area contributed by atoms with Gasteiger partial charge in [-0.15, -0.1) is 0 Å². The lowest BCUT2D eigenvalue weighted by Gasteiger charge is -2.21. The molecule has 0 aliphatic rings. The molecule has 3 N–H and O–H groups in total. The van der Waals surface area contributed by atoms with E-state index in [0.717, 1.165) is 29.8 Å². The first-order valence-corrected chi connectivity index (χ1v) is 7.07. The molecule has 0 radical (unpaired) electrons. The van der Waals surface area contributed by atoms with E-state index in [1.54, 1.807) is 12.4 Å². The Bertz CT molecular complexity index is 586. The molecule has 20 heavy (non-hydrogen) atoms. The average Bonchev–Trinajstić information content (AvgIpc) is 2.44. The zero-order valence-corrected chi connectivity index (χ0v) is 12.5. The first-order valence-electron chi connectivity index (χ1n) is 6.69. The van der Waals surface area contributed by atoms with E-state index in [9.17, 15) is 0 Å². The fourth-order valence-electron chi connectivity index (χ4n) is 2.09. The minimum Gasteiger partial charge on any atom is -0.383 e. The first-order chi connectivity index (χ1) is 9.63. The van der Waals surface area contributed by atoms with Gasteiger partial charge in [0.05, 0.1) is 16.8 Å². The predicted octanol–water partition coefficient (Wildman–Crippen LogP) is 3.11. The van der Waals surface area contributed by atoms with Crippen molar-refractivity contribution in [2.24, 2.45) is 0 Å². The molecule has 106 valence electrons. The summed E-state index contributed by atoms with van der Waals surface area (Å²) in [6, 6.07) is 5.54. The number of rotatable bonds is 5. The molecule has 0 aliphatic carbocycles. The van der Waals surface area contributed by atoms with Crippen LogP contribution >= 0.6 is 11.6 Å². The smallest absolute Gasteiger partial charge is 0.128 e. The van der Waals surface area contributed by atoms with Crippen LogP contribution in [0.15, 0.2) is 30.6 Å². The van der Waals surface area contributed by atoms with Crippen molar-refractivity contribution in [3.63, 3.8) is 0 Å². The molecule has 4 nitrogen and oxygen atoms in total. The van der Waals surface area contributed by atoms with Crippen LogP contribution < -0.4 is 11.1 Å². The highest BCUT2D eigenvalue weighted by Gasteiger charge is 2.20. The summed E-state index contributed by atoms with van der Waals surface area (Å²) in [6.07, 6.45) is 4.51. The van der Waals surface area contributed by atoms with Crippen LogP contribution in [-0.4, -0.2) is 16.5 Å². The Morgan fingerprint density at radius 1 is 1.40 bits per heavy atom. The van der Waals surface area contributed by atoms with Crippen LogP contribution in [0.4, 0.5) is 5.82 Å². The third-order valence-electron chi connectivity index (χ3n) is 3.06. The Balaban J connectivity index is 2.47. The van der Waals surface area contributed by atoms with Gasteiger partial charge in [0.1, 0.15) is 5.82 Å². The number of aromatic nitrogens is 2. The van der Waals surface area contributed by atoms with Crippen molar-refractivity contribution in [1.82, 2.24) is 15.3 Å². The number of nitrogens with two attached hydrogens (primary N) is 1. The van der Waals surface area contributed by atoms with Crippen molar-refractivity contribution >= 4 is 17.4 Å². The van der Waals surface area contributed by atoms with Crippen LogP contribution in [0.2, 0.25) is 5.02 Å². The number of nitrogen functional groups attached to an aromatic ring is 1. The number of pyridine rings is 2. The van der Waals surface area contributed by atoms with E-state index in [-0.39, 0.29) is 6.04 Å². The molecule has 2 rings (SSSR count). The fraction of sp³-hybridized carbons (Fsp3) is 0.333. The van der Waals surface area contributed by atoms with E-state index in [1.165, 1.54) is 0 Å². The molecule has 0 bridgehead atoms. The third-order valence-corrected chi connectivity index (χ3v) is 3.38. The Kier molecular flexibility index (Phi) is 4.93. The number of anilines is 1. The lowest BCUT2D eigenvalue weighted by Crippen LogP contribution is -2.25. The van der Waals surface area contributed by atoms with Gasteiger partial charge in [0, 0.05) is 18.0 Å². The van der Waals surface area contributed by atoms with Gasteiger partial charge in [0.25, 0.3) is 0 Å². The van der Waals surface area contributed by atoms with Gasteiger partial charge in [-0.1, -0.05) is 18.5 Å². The molecule has 5 heteroatoms. The largest absolute Gasteiger partial charge is 0.383 e. The van der Waals surface area contributed by atoms with Crippen LogP contribution in [0.5, 0.6) is 0 Å². The second-order valence-corrected chi connectivity index (χ2v) is 5.15. The monoisotopic (exact) mass is 290 g/mol. The summed E-state index contributed by atoms with van der Waals surface area (Å²) in [5, 5.41) is 4.07. The van der Waals surface area contributed by atoms with E-state index in [1.807, 2.05) is 25.1 Å². The minimum atomic E-state index is -0.143. The van der Waals surface area contributed by atoms with Gasteiger partial charge in [-0.05, 0) is 43.7 Å². The summed E-state index contributed by atoms with van der Waals surface area (Å²) >= 11 is 6.28. The topological polar surface area (TPSA) is 63.8 Å². The number of nitrogens with one attached hydrogen (secondary N) is 1. The second kappa shape index (κ2) is 6.68. The summed E-state index contributed by atoms with van der Waals surface area (Å²) in [7, 11) is 0. The molecule has 2 aromatic rings. The maximum absolute atomic E-state index is 6.28.